The van der Waals surface area contributed by atoms with Gasteiger partial charge in [-0.2, -0.15) is 5.10 Å². The highest BCUT2D eigenvalue weighted by molar-refractivity contribution is 5.81. The van der Waals surface area contributed by atoms with Gasteiger partial charge in [0.25, 0.3) is 0 Å². The molecule has 1 amide bonds. The van der Waals surface area contributed by atoms with Gasteiger partial charge in [-0.1, -0.05) is 42.0 Å². The van der Waals surface area contributed by atoms with Crippen LogP contribution in [0.4, 0.5) is 4.79 Å². The van der Waals surface area contributed by atoms with Crippen LogP contribution in [-0.4, -0.2) is 35.9 Å². The normalized spacial score (nSPS) is 9.89. The molecule has 2 N–H and O–H groups in total. The Morgan fingerprint density at radius 1 is 1.15 bits per heavy atom. The number of carbonyl (C=O) groups excluding carboxylic acids is 2. The third-order valence-electron chi connectivity index (χ3n) is 3.71. The molecule has 7 nitrogen and oxygen atoms in total. The van der Waals surface area contributed by atoms with Crippen LogP contribution >= 0.6 is 0 Å². The highest BCUT2D eigenvalue weighted by Gasteiger charge is 2.05. The predicted octanol–water partition coefficient (Wildman–Crippen LogP) is 3.27. The number of aryl methyl sites for hydroxylation is 2. The van der Waals surface area contributed by atoms with Gasteiger partial charge in [-0.3, -0.25) is 9.89 Å². The van der Waals surface area contributed by atoms with Gasteiger partial charge in [-0.15, -0.1) is 0 Å². The Hall–Kier alpha value is -3.35. The summed E-state index contributed by atoms with van der Waals surface area (Å²) in [4.78, 5) is 21.8. The van der Waals surface area contributed by atoms with Crippen molar-refractivity contribution in [1.82, 2.24) is 15.5 Å². The van der Waals surface area contributed by atoms with Crippen LogP contribution in [0, 0.1) is 13.8 Å². The number of nitrogens with zero attached hydrogens (tertiary/aromatic N) is 1. The van der Waals surface area contributed by atoms with Crippen molar-refractivity contribution in [3.05, 3.63) is 65.4 Å². The standard InChI is InChI=1S/C11H13NO4.C9H10N2/c1-15-10(13)7-12-11(14)16-8-9-5-3-2-4-6-9;1-6-3-7(2)9-8(4-6)5-10-11-9/h2-6H,7-8H2,1H3,(H,12,14);3-5H,1-2H3,(H,10,11). The lowest BCUT2D eigenvalue weighted by molar-refractivity contribution is -0.139. The fourth-order valence-corrected chi connectivity index (χ4v) is 2.41. The van der Waals surface area contributed by atoms with E-state index in [2.05, 4.69) is 46.2 Å². The Bertz CT molecular complexity index is 891. The molecule has 142 valence electrons. The van der Waals surface area contributed by atoms with Gasteiger partial charge in [0.05, 0.1) is 18.8 Å². The third kappa shape index (κ3) is 6.47. The summed E-state index contributed by atoms with van der Waals surface area (Å²) in [6, 6.07) is 13.5. The fourth-order valence-electron chi connectivity index (χ4n) is 2.41. The molecule has 0 unspecified atom stereocenters. The third-order valence-corrected chi connectivity index (χ3v) is 3.71. The maximum Gasteiger partial charge on any atom is 0.407 e. The molecule has 0 saturated heterocycles. The number of carbonyl (C=O) groups is 2. The van der Waals surface area contributed by atoms with Crippen molar-refractivity contribution in [3.8, 4) is 0 Å². The number of aromatic amines is 1. The van der Waals surface area contributed by atoms with E-state index in [1.165, 1.54) is 23.6 Å². The maximum atomic E-state index is 11.1. The molecule has 0 spiro atoms. The van der Waals surface area contributed by atoms with Gasteiger partial charge in [0.2, 0.25) is 0 Å². The number of fused-ring (bicyclic) bond motifs is 1. The molecule has 3 aromatic rings. The Morgan fingerprint density at radius 2 is 1.89 bits per heavy atom. The topological polar surface area (TPSA) is 93.3 Å². The summed E-state index contributed by atoms with van der Waals surface area (Å²) in [5.74, 6) is -0.517. The molecule has 0 aliphatic carbocycles. The van der Waals surface area contributed by atoms with E-state index in [-0.39, 0.29) is 13.2 Å². The molecular formula is C20H23N3O4. The smallest absolute Gasteiger partial charge is 0.407 e. The second-order valence-corrected chi connectivity index (χ2v) is 5.91. The second kappa shape index (κ2) is 9.96. The number of esters is 1. The van der Waals surface area contributed by atoms with Crippen molar-refractivity contribution in [1.29, 1.82) is 0 Å². The Balaban J connectivity index is 0.000000206. The summed E-state index contributed by atoms with van der Waals surface area (Å²) in [5, 5.41) is 10.4. The van der Waals surface area contributed by atoms with Crippen molar-refractivity contribution in [2.24, 2.45) is 0 Å². The molecule has 27 heavy (non-hydrogen) atoms. The highest BCUT2D eigenvalue weighted by atomic mass is 16.6. The van der Waals surface area contributed by atoms with Crippen molar-refractivity contribution in [3.63, 3.8) is 0 Å². The highest BCUT2D eigenvalue weighted by Crippen LogP contribution is 2.16. The number of hydrogen-bond donors (Lipinski definition) is 2. The molecule has 0 radical (unpaired) electrons. The first-order chi connectivity index (χ1) is 13.0. The number of hydrogen-bond acceptors (Lipinski definition) is 5. The van der Waals surface area contributed by atoms with Crippen molar-refractivity contribution in [2.45, 2.75) is 20.5 Å². The molecule has 7 heteroatoms. The van der Waals surface area contributed by atoms with Gasteiger partial charge >= 0.3 is 12.1 Å². The average Bonchev–Trinajstić information content (AvgIpc) is 3.14. The van der Waals surface area contributed by atoms with E-state index >= 15 is 0 Å². The van der Waals surface area contributed by atoms with Crippen LogP contribution in [-0.2, 0) is 20.9 Å². The van der Waals surface area contributed by atoms with Gasteiger partial charge in [-0.25, -0.2) is 4.79 Å². The molecule has 0 aliphatic heterocycles. The van der Waals surface area contributed by atoms with Crippen LogP contribution in [0.25, 0.3) is 10.9 Å². The monoisotopic (exact) mass is 369 g/mol. The minimum Gasteiger partial charge on any atom is -0.468 e. The summed E-state index contributed by atoms with van der Waals surface area (Å²) in [7, 11) is 1.25. The number of aromatic nitrogens is 2. The lowest BCUT2D eigenvalue weighted by Gasteiger charge is -2.05. The molecule has 0 atom stereocenters. The molecule has 0 saturated carbocycles. The zero-order chi connectivity index (χ0) is 19.6. The lowest BCUT2D eigenvalue weighted by Crippen LogP contribution is -2.30. The van der Waals surface area contributed by atoms with Crippen LogP contribution in [0.3, 0.4) is 0 Å². The van der Waals surface area contributed by atoms with Crippen LogP contribution in [0.15, 0.2) is 48.7 Å². The number of methoxy groups -OCH3 is 1. The quantitative estimate of drug-likeness (QED) is 0.689. The van der Waals surface area contributed by atoms with Gasteiger partial charge in [0.15, 0.2) is 0 Å². The number of benzene rings is 2. The Labute approximate surface area is 157 Å². The number of nitrogens with one attached hydrogen (secondary N) is 2. The Kier molecular flexibility index (Phi) is 7.37. The molecule has 0 fully saturated rings. The first-order valence-corrected chi connectivity index (χ1v) is 8.41. The summed E-state index contributed by atoms with van der Waals surface area (Å²) in [6.45, 7) is 4.17. The zero-order valence-corrected chi connectivity index (χ0v) is 15.6. The average molecular weight is 369 g/mol. The lowest BCUT2D eigenvalue weighted by atomic mass is 10.1. The van der Waals surface area contributed by atoms with Crippen LogP contribution in [0.2, 0.25) is 0 Å². The second-order valence-electron chi connectivity index (χ2n) is 5.91. The summed E-state index contributed by atoms with van der Waals surface area (Å²) < 4.78 is 9.22. The molecule has 1 heterocycles. The van der Waals surface area contributed by atoms with E-state index in [4.69, 9.17) is 4.74 Å². The number of amides is 1. The molecular weight excluding hydrogens is 346 g/mol. The van der Waals surface area contributed by atoms with E-state index in [0.29, 0.717) is 0 Å². The molecule has 1 aromatic heterocycles. The number of ether oxygens (including phenoxy) is 2. The van der Waals surface area contributed by atoms with E-state index in [9.17, 15) is 9.59 Å². The molecule has 0 bridgehead atoms. The maximum absolute atomic E-state index is 11.1. The van der Waals surface area contributed by atoms with Crippen LogP contribution in [0.5, 0.6) is 0 Å². The largest absolute Gasteiger partial charge is 0.468 e. The summed E-state index contributed by atoms with van der Waals surface area (Å²) in [5.41, 5.74) is 4.58. The minimum absolute atomic E-state index is 0.174. The van der Waals surface area contributed by atoms with Crippen molar-refractivity contribution >= 4 is 23.0 Å². The first-order valence-electron chi connectivity index (χ1n) is 8.41. The number of alkyl carbamates (subject to hydrolysis) is 1. The fraction of sp³-hybridized carbons (Fsp3) is 0.250. The van der Waals surface area contributed by atoms with Gasteiger partial charge in [0, 0.05) is 5.39 Å². The van der Waals surface area contributed by atoms with E-state index < -0.39 is 12.1 Å². The van der Waals surface area contributed by atoms with E-state index in [1.807, 2.05) is 36.5 Å². The number of H-pyrrole nitrogens is 1. The zero-order valence-electron chi connectivity index (χ0n) is 15.6. The molecule has 2 aromatic carbocycles. The SMILES string of the molecule is COC(=O)CNC(=O)OCc1ccccc1.Cc1cc(C)c2[nH]ncc2c1. The number of rotatable bonds is 4. The molecule has 0 aliphatic rings. The van der Waals surface area contributed by atoms with E-state index in [1.54, 1.807) is 0 Å². The van der Waals surface area contributed by atoms with Crippen LogP contribution < -0.4 is 5.32 Å². The minimum atomic E-state index is -0.644. The van der Waals surface area contributed by atoms with Gasteiger partial charge in [-0.05, 0) is 31.0 Å². The van der Waals surface area contributed by atoms with Crippen molar-refractivity contribution < 1.29 is 19.1 Å². The van der Waals surface area contributed by atoms with Gasteiger partial charge in [0.1, 0.15) is 13.2 Å². The van der Waals surface area contributed by atoms with Gasteiger partial charge < -0.3 is 14.8 Å². The molecule has 3 rings (SSSR count). The van der Waals surface area contributed by atoms with Crippen molar-refractivity contribution in [2.75, 3.05) is 13.7 Å². The summed E-state index contributed by atoms with van der Waals surface area (Å²) >= 11 is 0. The summed E-state index contributed by atoms with van der Waals surface area (Å²) in [6.07, 6.45) is 1.21. The predicted molar refractivity (Wildman–Crippen MR) is 102 cm³/mol. The first kappa shape index (κ1) is 20.0. The van der Waals surface area contributed by atoms with Crippen LogP contribution in [0.1, 0.15) is 16.7 Å². The van der Waals surface area contributed by atoms with E-state index in [0.717, 1.165) is 11.1 Å². The Morgan fingerprint density at radius 3 is 2.59 bits per heavy atom.